The molecule has 2 N–H and O–H groups in total. The Morgan fingerprint density at radius 2 is 1.50 bits per heavy atom. The van der Waals surface area contributed by atoms with Crippen molar-refractivity contribution >= 4 is 0 Å². The minimum absolute atomic E-state index is 0.308. The first kappa shape index (κ1) is 15.4. The lowest BCUT2D eigenvalue weighted by Crippen LogP contribution is -2.10. The second-order valence-electron chi connectivity index (χ2n) is 4.46. The van der Waals surface area contributed by atoms with E-state index < -0.39 is 0 Å². The summed E-state index contributed by atoms with van der Waals surface area (Å²) in [4.78, 5) is 0. The molecule has 16 heavy (non-hydrogen) atoms. The van der Waals surface area contributed by atoms with Crippen molar-refractivity contribution in [3.8, 4) is 0 Å². The molecular weight excluding hydrogens is 200 g/mol. The molecule has 0 aliphatic carbocycles. The highest BCUT2D eigenvalue weighted by molar-refractivity contribution is 4.87. The van der Waals surface area contributed by atoms with Gasteiger partial charge in [0.25, 0.3) is 0 Å². The van der Waals surface area contributed by atoms with Crippen LogP contribution < -0.4 is 0 Å². The van der Waals surface area contributed by atoms with Crippen LogP contribution in [-0.4, -0.2) is 22.4 Å². The van der Waals surface area contributed by atoms with Gasteiger partial charge in [-0.05, 0) is 32.6 Å². The fraction of sp³-hybridized carbons (Fsp3) is 0.714. The normalized spacial score (nSPS) is 18.1. The van der Waals surface area contributed by atoms with E-state index in [0.29, 0.717) is 5.92 Å². The van der Waals surface area contributed by atoms with Crippen LogP contribution in [0.25, 0.3) is 0 Å². The molecule has 0 rings (SSSR count). The van der Waals surface area contributed by atoms with Gasteiger partial charge in [-0.2, -0.15) is 0 Å². The summed E-state index contributed by atoms with van der Waals surface area (Å²) in [6.07, 6.45) is 10.5. The van der Waals surface area contributed by atoms with E-state index in [1.165, 1.54) is 0 Å². The summed E-state index contributed by atoms with van der Waals surface area (Å²) in [7, 11) is 0. The molecule has 2 heteroatoms. The van der Waals surface area contributed by atoms with Crippen LogP contribution in [-0.2, 0) is 0 Å². The largest absolute Gasteiger partial charge is 0.389 e. The van der Waals surface area contributed by atoms with Crippen molar-refractivity contribution in [2.45, 2.75) is 58.7 Å². The highest BCUT2D eigenvalue weighted by atomic mass is 16.3. The van der Waals surface area contributed by atoms with E-state index in [0.717, 1.165) is 25.7 Å². The molecule has 0 amide bonds. The molecule has 0 aliphatic heterocycles. The summed E-state index contributed by atoms with van der Waals surface area (Å²) in [6.45, 7) is 5.98. The first-order valence-corrected chi connectivity index (χ1v) is 6.21. The molecule has 0 radical (unpaired) electrons. The lowest BCUT2D eigenvalue weighted by atomic mass is 9.96. The third-order valence-corrected chi connectivity index (χ3v) is 2.67. The van der Waals surface area contributed by atoms with E-state index in [1.54, 1.807) is 0 Å². The Morgan fingerprint density at radius 3 is 2.06 bits per heavy atom. The molecule has 0 bridgehead atoms. The van der Waals surface area contributed by atoms with Gasteiger partial charge >= 0.3 is 0 Å². The lowest BCUT2D eigenvalue weighted by molar-refractivity contribution is 0.179. The van der Waals surface area contributed by atoms with Crippen molar-refractivity contribution in [2.24, 2.45) is 5.92 Å². The third-order valence-electron chi connectivity index (χ3n) is 2.67. The summed E-state index contributed by atoms with van der Waals surface area (Å²) in [5.74, 6) is 0.504. The van der Waals surface area contributed by atoms with Crippen LogP contribution in [0.2, 0.25) is 0 Å². The molecule has 0 aromatic rings. The van der Waals surface area contributed by atoms with Gasteiger partial charge in [0.2, 0.25) is 0 Å². The molecule has 0 heterocycles. The van der Waals surface area contributed by atoms with Crippen LogP contribution in [0.3, 0.4) is 0 Å². The van der Waals surface area contributed by atoms with Crippen LogP contribution in [0.15, 0.2) is 24.3 Å². The van der Waals surface area contributed by atoms with Gasteiger partial charge in [-0.3, -0.25) is 0 Å². The van der Waals surface area contributed by atoms with Gasteiger partial charge in [-0.1, -0.05) is 44.1 Å². The molecule has 3 atom stereocenters. The van der Waals surface area contributed by atoms with Crippen molar-refractivity contribution in [1.82, 2.24) is 0 Å². The number of aliphatic hydroxyl groups excluding tert-OH is 2. The van der Waals surface area contributed by atoms with Gasteiger partial charge in [-0.15, -0.1) is 0 Å². The van der Waals surface area contributed by atoms with Crippen LogP contribution in [0.4, 0.5) is 0 Å². The number of allylic oxidation sites excluding steroid dienone is 2. The standard InChI is InChI=1S/C14H26O2/c1-4-7-13(15)10-6-9-12(3)11-14(16)8-5-2/h4-5,7-8,12-16H,6,9-11H2,1-3H3/b7-4+,8-5+. The Labute approximate surface area is 99.7 Å². The van der Waals surface area contributed by atoms with Crippen molar-refractivity contribution in [3.63, 3.8) is 0 Å². The minimum atomic E-state index is -0.319. The molecule has 0 fully saturated rings. The number of aliphatic hydroxyl groups is 2. The molecule has 94 valence electrons. The topological polar surface area (TPSA) is 40.5 Å². The maximum absolute atomic E-state index is 9.56. The van der Waals surface area contributed by atoms with Crippen LogP contribution >= 0.6 is 0 Å². The molecule has 3 unspecified atom stereocenters. The zero-order valence-electron chi connectivity index (χ0n) is 10.8. The average Bonchev–Trinajstić information content (AvgIpc) is 2.18. The van der Waals surface area contributed by atoms with Gasteiger partial charge in [0.15, 0.2) is 0 Å². The van der Waals surface area contributed by atoms with E-state index in [-0.39, 0.29) is 12.2 Å². The molecule has 0 aromatic heterocycles. The molecule has 0 aromatic carbocycles. The quantitative estimate of drug-likeness (QED) is 0.624. The lowest BCUT2D eigenvalue weighted by Gasteiger charge is -2.14. The van der Waals surface area contributed by atoms with Gasteiger partial charge < -0.3 is 10.2 Å². The second kappa shape index (κ2) is 9.61. The van der Waals surface area contributed by atoms with Gasteiger partial charge in [0.05, 0.1) is 12.2 Å². The fourth-order valence-corrected chi connectivity index (χ4v) is 1.82. The highest BCUT2D eigenvalue weighted by Crippen LogP contribution is 2.16. The molecular formula is C14H26O2. The summed E-state index contributed by atoms with van der Waals surface area (Å²) >= 11 is 0. The highest BCUT2D eigenvalue weighted by Gasteiger charge is 2.08. The van der Waals surface area contributed by atoms with Crippen molar-refractivity contribution in [3.05, 3.63) is 24.3 Å². The van der Waals surface area contributed by atoms with Gasteiger partial charge in [0, 0.05) is 0 Å². The van der Waals surface area contributed by atoms with Crippen LogP contribution in [0.5, 0.6) is 0 Å². The number of hydrogen-bond acceptors (Lipinski definition) is 2. The van der Waals surface area contributed by atoms with Gasteiger partial charge in [-0.25, -0.2) is 0 Å². The molecule has 0 saturated heterocycles. The summed E-state index contributed by atoms with van der Waals surface area (Å²) in [5, 5.41) is 19.0. The van der Waals surface area contributed by atoms with Crippen molar-refractivity contribution in [2.75, 3.05) is 0 Å². The first-order valence-electron chi connectivity index (χ1n) is 6.21. The number of rotatable bonds is 8. The fourth-order valence-electron chi connectivity index (χ4n) is 1.82. The molecule has 2 nitrogen and oxygen atoms in total. The van der Waals surface area contributed by atoms with E-state index in [1.807, 2.05) is 38.2 Å². The Morgan fingerprint density at radius 1 is 0.938 bits per heavy atom. The monoisotopic (exact) mass is 226 g/mol. The summed E-state index contributed by atoms with van der Waals surface area (Å²) in [6, 6.07) is 0. The Bertz CT molecular complexity index is 209. The predicted molar refractivity (Wildman–Crippen MR) is 69.3 cm³/mol. The first-order chi connectivity index (χ1) is 7.60. The second-order valence-corrected chi connectivity index (χ2v) is 4.46. The maximum Gasteiger partial charge on any atom is 0.0723 e. The average molecular weight is 226 g/mol. The zero-order chi connectivity index (χ0) is 12.4. The molecule has 0 saturated carbocycles. The predicted octanol–water partition coefficient (Wildman–Crippen LogP) is 3.06. The molecule has 0 spiro atoms. The van der Waals surface area contributed by atoms with E-state index >= 15 is 0 Å². The summed E-state index contributed by atoms with van der Waals surface area (Å²) in [5.41, 5.74) is 0. The van der Waals surface area contributed by atoms with Crippen molar-refractivity contribution in [1.29, 1.82) is 0 Å². The van der Waals surface area contributed by atoms with Crippen LogP contribution in [0, 0.1) is 5.92 Å². The molecule has 0 aliphatic rings. The Hall–Kier alpha value is -0.600. The smallest absolute Gasteiger partial charge is 0.0723 e. The SMILES string of the molecule is C/C=C/C(O)CCCC(C)CC(O)/C=C/C. The Balaban J connectivity index is 3.61. The maximum atomic E-state index is 9.56. The van der Waals surface area contributed by atoms with Gasteiger partial charge in [0.1, 0.15) is 0 Å². The van der Waals surface area contributed by atoms with E-state index in [9.17, 15) is 10.2 Å². The van der Waals surface area contributed by atoms with E-state index in [4.69, 9.17) is 0 Å². The minimum Gasteiger partial charge on any atom is -0.389 e. The Kier molecular flexibility index (Phi) is 9.25. The van der Waals surface area contributed by atoms with E-state index in [2.05, 4.69) is 6.92 Å². The third kappa shape index (κ3) is 8.69. The summed E-state index contributed by atoms with van der Waals surface area (Å²) < 4.78 is 0. The number of hydrogen-bond donors (Lipinski definition) is 2. The zero-order valence-corrected chi connectivity index (χ0v) is 10.8. The van der Waals surface area contributed by atoms with Crippen LogP contribution in [0.1, 0.15) is 46.5 Å². The van der Waals surface area contributed by atoms with Crippen molar-refractivity contribution < 1.29 is 10.2 Å².